The van der Waals surface area contributed by atoms with Gasteiger partial charge in [-0.1, -0.05) is 13.3 Å². The highest BCUT2D eigenvalue weighted by molar-refractivity contribution is 5.43. The summed E-state index contributed by atoms with van der Waals surface area (Å²) in [7, 11) is 0. The lowest BCUT2D eigenvalue weighted by atomic mass is 9.76. The normalized spacial score (nSPS) is 26.9. The van der Waals surface area contributed by atoms with Gasteiger partial charge in [-0.15, -0.1) is 0 Å². The fraction of sp³-hybridized carbons (Fsp3) is 0.750. The molecule has 0 spiro atoms. The first-order valence-corrected chi connectivity index (χ1v) is 11.7. The highest BCUT2D eigenvalue weighted by Crippen LogP contribution is 2.45. The molecule has 2 unspecified atom stereocenters. The van der Waals surface area contributed by atoms with Crippen LogP contribution >= 0.6 is 0 Å². The molecule has 3 rings (SSSR count). The smallest absolute Gasteiger partial charge is 0.400 e. The predicted molar refractivity (Wildman–Crippen MR) is 111 cm³/mol. The van der Waals surface area contributed by atoms with Gasteiger partial charge in [0.05, 0.1) is 24.2 Å². The van der Waals surface area contributed by atoms with Crippen molar-refractivity contribution in [3.8, 4) is 11.5 Å². The van der Waals surface area contributed by atoms with E-state index in [0.29, 0.717) is 18.8 Å². The summed E-state index contributed by atoms with van der Waals surface area (Å²) >= 11 is 0. The van der Waals surface area contributed by atoms with Crippen LogP contribution in [0, 0.1) is 23.6 Å². The van der Waals surface area contributed by atoms with Gasteiger partial charge in [-0.3, -0.25) is 0 Å². The van der Waals surface area contributed by atoms with Gasteiger partial charge in [0.15, 0.2) is 11.6 Å². The Bertz CT molecular complexity index is 727. The molecule has 2 atom stereocenters. The van der Waals surface area contributed by atoms with Crippen molar-refractivity contribution in [2.75, 3.05) is 13.2 Å². The molecule has 0 N–H and O–H groups in total. The zero-order valence-electron chi connectivity index (χ0n) is 18.7. The van der Waals surface area contributed by atoms with E-state index in [1.165, 1.54) is 0 Å². The Morgan fingerprint density at radius 3 is 2.28 bits per heavy atom. The molecular weight excluding hydrogens is 431 g/mol. The van der Waals surface area contributed by atoms with E-state index < -0.39 is 41.3 Å². The first-order valence-electron chi connectivity index (χ1n) is 11.7. The van der Waals surface area contributed by atoms with Crippen LogP contribution in [0.1, 0.15) is 77.2 Å². The number of rotatable bonds is 9. The van der Waals surface area contributed by atoms with Crippen molar-refractivity contribution >= 4 is 0 Å². The third-order valence-corrected chi connectivity index (χ3v) is 6.74. The minimum Gasteiger partial charge on any atom is -0.491 e. The number of ether oxygens (including phenoxy) is 3. The van der Waals surface area contributed by atoms with Gasteiger partial charge in [0.1, 0.15) is 5.75 Å². The molecule has 8 heteroatoms. The molecule has 1 aliphatic heterocycles. The van der Waals surface area contributed by atoms with Crippen molar-refractivity contribution in [3.05, 3.63) is 23.5 Å². The summed E-state index contributed by atoms with van der Waals surface area (Å²) in [4.78, 5) is 0. The fourth-order valence-corrected chi connectivity index (χ4v) is 5.01. The average Bonchev–Trinajstić information content (AvgIpc) is 2.76. The standard InChI is InChI=1S/C24H33F5O3/c1-3-5-15-6-11-18(31-14-15)16-7-9-17(10-8-16)24(28,29)32-19-12-13-20(30-4-2)22(25)21(19)23(26)27/h12-13,15-18,23H,3-11,14H2,1-2H3. The molecule has 32 heavy (non-hydrogen) atoms. The second-order valence-corrected chi connectivity index (χ2v) is 8.90. The van der Waals surface area contributed by atoms with Crippen molar-refractivity contribution < 1.29 is 36.2 Å². The first kappa shape index (κ1) is 25.1. The maximum Gasteiger partial charge on any atom is 0.400 e. The molecule has 0 amide bonds. The van der Waals surface area contributed by atoms with E-state index in [9.17, 15) is 22.0 Å². The van der Waals surface area contributed by atoms with Crippen molar-refractivity contribution in [2.24, 2.45) is 17.8 Å². The Labute approximate surface area is 186 Å². The summed E-state index contributed by atoms with van der Waals surface area (Å²) < 4.78 is 86.7. The Morgan fingerprint density at radius 1 is 1.03 bits per heavy atom. The first-order chi connectivity index (χ1) is 15.3. The summed E-state index contributed by atoms with van der Waals surface area (Å²) in [5, 5.41) is 0. The van der Waals surface area contributed by atoms with Crippen LogP contribution in [-0.4, -0.2) is 25.4 Å². The molecule has 0 bridgehead atoms. The van der Waals surface area contributed by atoms with Gasteiger partial charge in [0.2, 0.25) is 0 Å². The average molecular weight is 465 g/mol. The van der Waals surface area contributed by atoms with Gasteiger partial charge < -0.3 is 14.2 Å². The second kappa shape index (κ2) is 11.0. The van der Waals surface area contributed by atoms with Crippen molar-refractivity contribution in [3.63, 3.8) is 0 Å². The van der Waals surface area contributed by atoms with Crippen LogP contribution in [0.25, 0.3) is 0 Å². The highest BCUT2D eigenvalue weighted by Gasteiger charge is 2.46. The number of hydrogen-bond donors (Lipinski definition) is 0. The van der Waals surface area contributed by atoms with Gasteiger partial charge in [-0.05, 0) is 75.8 Å². The van der Waals surface area contributed by atoms with Gasteiger partial charge >= 0.3 is 6.11 Å². The summed E-state index contributed by atoms with van der Waals surface area (Å²) in [6.07, 6.45) is -0.973. The molecule has 0 aromatic heterocycles. The molecule has 3 nitrogen and oxygen atoms in total. The quantitative estimate of drug-likeness (QED) is 0.354. The highest BCUT2D eigenvalue weighted by atomic mass is 19.3. The van der Waals surface area contributed by atoms with E-state index in [1.807, 2.05) is 0 Å². The van der Waals surface area contributed by atoms with E-state index >= 15 is 0 Å². The predicted octanol–water partition coefficient (Wildman–Crippen LogP) is 7.54. The van der Waals surface area contributed by atoms with Crippen LogP contribution in [0.3, 0.4) is 0 Å². The van der Waals surface area contributed by atoms with Crippen LogP contribution in [0.5, 0.6) is 11.5 Å². The molecule has 1 saturated carbocycles. The Morgan fingerprint density at radius 2 is 1.72 bits per heavy atom. The van der Waals surface area contributed by atoms with Crippen LogP contribution in [0.4, 0.5) is 22.0 Å². The van der Waals surface area contributed by atoms with E-state index in [0.717, 1.165) is 44.4 Å². The summed E-state index contributed by atoms with van der Waals surface area (Å²) in [5.74, 6) is -2.92. The summed E-state index contributed by atoms with van der Waals surface area (Å²) in [6.45, 7) is 4.51. The van der Waals surface area contributed by atoms with E-state index in [4.69, 9.17) is 14.2 Å². The monoisotopic (exact) mass is 464 g/mol. The minimum atomic E-state index is -3.67. The lowest BCUT2D eigenvalue weighted by Gasteiger charge is -2.39. The van der Waals surface area contributed by atoms with E-state index in [-0.39, 0.29) is 31.5 Å². The molecule has 2 aliphatic rings. The maximum atomic E-state index is 14.9. The molecule has 182 valence electrons. The van der Waals surface area contributed by atoms with Crippen molar-refractivity contribution in [2.45, 2.75) is 83.9 Å². The summed E-state index contributed by atoms with van der Waals surface area (Å²) in [5.41, 5.74) is -1.19. The number of hydrogen-bond acceptors (Lipinski definition) is 3. The molecule has 1 aromatic rings. The van der Waals surface area contributed by atoms with Crippen LogP contribution in [0.2, 0.25) is 0 Å². The van der Waals surface area contributed by atoms with E-state index in [1.54, 1.807) is 6.92 Å². The van der Waals surface area contributed by atoms with Crippen molar-refractivity contribution in [1.82, 2.24) is 0 Å². The topological polar surface area (TPSA) is 27.7 Å². The minimum absolute atomic E-state index is 0.0587. The van der Waals surface area contributed by atoms with Crippen LogP contribution in [-0.2, 0) is 4.74 Å². The van der Waals surface area contributed by atoms with Gasteiger partial charge in [0.25, 0.3) is 6.43 Å². The van der Waals surface area contributed by atoms with Crippen LogP contribution < -0.4 is 9.47 Å². The SMILES string of the molecule is CCCC1CCC(C2CCC(C(F)(F)Oc3ccc(OCC)c(F)c3C(F)F)CC2)OC1. The van der Waals surface area contributed by atoms with Gasteiger partial charge in [-0.2, -0.15) is 8.78 Å². The largest absolute Gasteiger partial charge is 0.491 e. The zero-order chi connectivity index (χ0) is 23.3. The third kappa shape index (κ3) is 5.86. The van der Waals surface area contributed by atoms with Gasteiger partial charge in [0, 0.05) is 6.61 Å². The third-order valence-electron chi connectivity index (χ3n) is 6.74. The Hall–Kier alpha value is -1.57. The lowest BCUT2D eigenvalue weighted by molar-refractivity contribution is -0.226. The molecular formula is C24H33F5O3. The molecule has 1 aromatic carbocycles. The number of benzene rings is 1. The number of alkyl halides is 4. The van der Waals surface area contributed by atoms with Crippen LogP contribution in [0.15, 0.2) is 12.1 Å². The Balaban J connectivity index is 1.61. The molecule has 0 radical (unpaired) electrons. The molecule has 2 fully saturated rings. The second-order valence-electron chi connectivity index (χ2n) is 8.90. The summed E-state index contributed by atoms with van der Waals surface area (Å²) in [6, 6.07) is 1.97. The molecule has 1 heterocycles. The number of halogens is 5. The molecule has 1 saturated heterocycles. The lowest BCUT2D eigenvalue weighted by Crippen LogP contribution is -2.40. The van der Waals surface area contributed by atoms with Gasteiger partial charge in [-0.25, -0.2) is 13.2 Å². The van der Waals surface area contributed by atoms with Crippen molar-refractivity contribution in [1.29, 1.82) is 0 Å². The maximum absolute atomic E-state index is 14.9. The zero-order valence-corrected chi connectivity index (χ0v) is 18.7. The molecule has 1 aliphatic carbocycles. The van der Waals surface area contributed by atoms with E-state index in [2.05, 4.69) is 6.92 Å². The fourth-order valence-electron chi connectivity index (χ4n) is 5.01. The Kier molecular flexibility index (Phi) is 8.64.